The number of aryl methyl sites for hydroxylation is 1. The van der Waals surface area contributed by atoms with Gasteiger partial charge in [-0.2, -0.15) is 0 Å². The summed E-state index contributed by atoms with van der Waals surface area (Å²) < 4.78 is 31.1. The smallest absolute Gasteiger partial charge is 0.235 e. The Morgan fingerprint density at radius 3 is 2.79 bits per heavy atom. The fraction of sp³-hybridized carbons (Fsp3) is 0.588. The van der Waals surface area contributed by atoms with Gasteiger partial charge in [-0.1, -0.05) is 0 Å². The first-order valence-electron chi connectivity index (χ1n) is 8.48. The molecular formula is C17H24N2O4S. The maximum atomic E-state index is 12.1. The molecular weight excluding hydrogens is 328 g/mol. The highest BCUT2D eigenvalue weighted by atomic mass is 32.2. The molecule has 24 heavy (non-hydrogen) atoms. The summed E-state index contributed by atoms with van der Waals surface area (Å²) in [6.45, 7) is 3.12. The first kappa shape index (κ1) is 17.2. The molecule has 2 fully saturated rings. The quantitative estimate of drug-likeness (QED) is 0.903. The van der Waals surface area contributed by atoms with Crippen LogP contribution in [0, 0.1) is 6.92 Å². The van der Waals surface area contributed by atoms with Crippen molar-refractivity contribution in [2.75, 3.05) is 28.5 Å². The highest BCUT2D eigenvalue weighted by molar-refractivity contribution is 7.93. The lowest BCUT2D eigenvalue weighted by atomic mass is 10.1. The zero-order valence-electron chi connectivity index (χ0n) is 14.0. The predicted molar refractivity (Wildman–Crippen MR) is 93.8 cm³/mol. The molecule has 2 aliphatic rings. The number of ether oxygens (including phenoxy) is 1. The molecule has 132 valence electrons. The molecule has 6 nitrogen and oxygen atoms in total. The summed E-state index contributed by atoms with van der Waals surface area (Å²) in [5, 5.41) is 2.88. The average molecular weight is 352 g/mol. The molecule has 3 rings (SSSR count). The average Bonchev–Trinajstić information content (AvgIpc) is 2.87. The second-order valence-corrected chi connectivity index (χ2v) is 8.50. The monoisotopic (exact) mass is 352 g/mol. The van der Waals surface area contributed by atoms with E-state index in [1.807, 2.05) is 13.0 Å². The van der Waals surface area contributed by atoms with Gasteiger partial charge in [0.1, 0.15) is 0 Å². The molecule has 7 heteroatoms. The third-order valence-corrected chi connectivity index (χ3v) is 6.39. The largest absolute Gasteiger partial charge is 0.378 e. The van der Waals surface area contributed by atoms with Crippen molar-refractivity contribution in [2.24, 2.45) is 0 Å². The summed E-state index contributed by atoms with van der Waals surface area (Å²) in [6.07, 6.45) is 4.13. The van der Waals surface area contributed by atoms with Crippen LogP contribution in [0.4, 0.5) is 11.4 Å². The van der Waals surface area contributed by atoms with Crippen LogP contribution < -0.4 is 9.62 Å². The highest BCUT2D eigenvalue weighted by Gasteiger charge is 2.29. The van der Waals surface area contributed by atoms with E-state index in [0.717, 1.165) is 31.4 Å². The van der Waals surface area contributed by atoms with Crippen LogP contribution in [0.15, 0.2) is 18.2 Å². The van der Waals surface area contributed by atoms with Crippen molar-refractivity contribution in [2.45, 2.75) is 45.1 Å². The van der Waals surface area contributed by atoms with Gasteiger partial charge >= 0.3 is 0 Å². The van der Waals surface area contributed by atoms with Gasteiger partial charge in [-0.25, -0.2) is 8.42 Å². The van der Waals surface area contributed by atoms with Gasteiger partial charge in [0, 0.05) is 18.8 Å². The fourth-order valence-corrected chi connectivity index (χ4v) is 4.94. The summed E-state index contributed by atoms with van der Waals surface area (Å²) in [5.41, 5.74) is 2.22. The molecule has 0 radical (unpaired) electrons. The minimum absolute atomic E-state index is 0.00821. The van der Waals surface area contributed by atoms with Gasteiger partial charge in [0.15, 0.2) is 0 Å². The number of sulfonamides is 1. The summed E-state index contributed by atoms with van der Waals surface area (Å²) >= 11 is 0. The van der Waals surface area contributed by atoms with Gasteiger partial charge in [0.25, 0.3) is 0 Å². The van der Waals surface area contributed by atoms with Crippen molar-refractivity contribution in [1.82, 2.24) is 0 Å². The van der Waals surface area contributed by atoms with Crippen LogP contribution in [0.1, 0.15) is 37.7 Å². The maximum absolute atomic E-state index is 12.1. The van der Waals surface area contributed by atoms with E-state index in [4.69, 9.17) is 4.74 Å². The number of nitrogens with one attached hydrogen (secondary N) is 1. The Bertz CT molecular complexity index is 711. The Morgan fingerprint density at radius 1 is 1.33 bits per heavy atom. The molecule has 0 spiro atoms. The van der Waals surface area contributed by atoms with E-state index in [0.29, 0.717) is 30.8 Å². The van der Waals surface area contributed by atoms with Gasteiger partial charge in [0.2, 0.25) is 15.9 Å². The number of amides is 1. The minimum Gasteiger partial charge on any atom is -0.378 e. The third kappa shape index (κ3) is 3.89. The third-order valence-electron chi connectivity index (χ3n) is 4.54. The number of rotatable bonds is 4. The van der Waals surface area contributed by atoms with Gasteiger partial charge in [-0.05, 0) is 56.4 Å². The number of anilines is 2. The fourth-order valence-electron chi connectivity index (χ4n) is 3.31. The van der Waals surface area contributed by atoms with E-state index >= 15 is 0 Å². The second kappa shape index (κ2) is 7.11. The van der Waals surface area contributed by atoms with Crippen molar-refractivity contribution >= 4 is 27.3 Å². The second-order valence-electron chi connectivity index (χ2n) is 6.48. The Kier molecular flexibility index (Phi) is 5.10. The molecule has 0 saturated carbocycles. The van der Waals surface area contributed by atoms with E-state index < -0.39 is 10.0 Å². The van der Waals surface area contributed by atoms with E-state index in [9.17, 15) is 13.2 Å². The standard InChI is InChI=1S/C17H24N2O4S/c1-13-11-14(18-17(20)12-15-5-2-3-9-23-15)6-7-16(13)19-8-4-10-24(19,21)22/h6-7,11,15H,2-5,8-10,12H2,1H3,(H,18,20). The first-order chi connectivity index (χ1) is 11.5. The number of carbonyl (C=O) groups is 1. The van der Waals surface area contributed by atoms with Crippen LogP contribution >= 0.6 is 0 Å². The topological polar surface area (TPSA) is 75.7 Å². The molecule has 0 aliphatic carbocycles. The molecule has 1 amide bonds. The Balaban J connectivity index is 1.65. The molecule has 1 atom stereocenters. The minimum atomic E-state index is -3.19. The van der Waals surface area contributed by atoms with Gasteiger partial charge in [0.05, 0.1) is 24.0 Å². The molecule has 2 saturated heterocycles. The summed E-state index contributed by atoms with van der Waals surface area (Å²) in [5.74, 6) is 0.134. The lowest BCUT2D eigenvalue weighted by Gasteiger charge is -2.22. The van der Waals surface area contributed by atoms with Crippen molar-refractivity contribution in [3.05, 3.63) is 23.8 Å². The molecule has 0 bridgehead atoms. The van der Waals surface area contributed by atoms with Crippen molar-refractivity contribution in [3.63, 3.8) is 0 Å². The zero-order chi connectivity index (χ0) is 17.2. The van der Waals surface area contributed by atoms with E-state index in [1.165, 1.54) is 4.31 Å². The van der Waals surface area contributed by atoms with Gasteiger partial charge in [-0.15, -0.1) is 0 Å². The van der Waals surface area contributed by atoms with Crippen molar-refractivity contribution < 1.29 is 17.9 Å². The van der Waals surface area contributed by atoms with Gasteiger partial charge < -0.3 is 10.1 Å². The normalized spacial score (nSPS) is 23.2. The molecule has 2 heterocycles. The molecule has 1 aromatic carbocycles. The summed E-state index contributed by atoms with van der Waals surface area (Å²) in [4.78, 5) is 12.1. The number of carbonyl (C=O) groups excluding carboxylic acids is 1. The van der Waals surface area contributed by atoms with E-state index in [1.54, 1.807) is 12.1 Å². The van der Waals surface area contributed by atoms with E-state index in [-0.39, 0.29) is 17.8 Å². The Hall–Kier alpha value is -1.60. The Morgan fingerprint density at radius 2 is 2.17 bits per heavy atom. The summed E-state index contributed by atoms with van der Waals surface area (Å²) in [6, 6.07) is 5.35. The van der Waals surface area contributed by atoms with Crippen LogP contribution in [0.5, 0.6) is 0 Å². The maximum Gasteiger partial charge on any atom is 0.235 e. The molecule has 0 aromatic heterocycles. The van der Waals surface area contributed by atoms with Crippen molar-refractivity contribution in [1.29, 1.82) is 0 Å². The first-order valence-corrected chi connectivity index (χ1v) is 10.1. The van der Waals surface area contributed by atoms with Crippen LogP contribution in [0.25, 0.3) is 0 Å². The zero-order valence-corrected chi connectivity index (χ0v) is 14.8. The van der Waals surface area contributed by atoms with E-state index in [2.05, 4.69) is 5.32 Å². The molecule has 1 unspecified atom stereocenters. The van der Waals surface area contributed by atoms with Crippen LogP contribution in [0.3, 0.4) is 0 Å². The number of nitrogens with zero attached hydrogens (tertiary/aromatic N) is 1. The Labute approximate surface area is 143 Å². The van der Waals surface area contributed by atoms with Crippen molar-refractivity contribution in [3.8, 4) is 0 Å². The summed E-state index contributed by atoms with van der Waals surface area (Å²) in [7, 11) is -3.19. The van der Waals surface area contributed by atoms with Crippen LogP contribution in [-0.4, -0.2) is 39.3 Å². The van der Waals surface area contributed by atoms with Crippen LogP contribution in [-0.2, 0) is 19.6 Å². The van der Waals surface area contributed by atoms with Gasteiger partial charge in [-0.3, -0.25) is 9.10 Å². The number of hydrogen-bond donors (Lipinski definition) is 1. The molecule has 2 aliphatic heterocycles. The van der Waals surface area contributed by atoms with Crippen LogP contribution in [0.2, 0.25) is 0 Å². The SMILES string of the molecule is Cc1cc(NC(=O)CC2CCCCO2)ccc1N1CCCS1(=O)=O. The molecule has 1 aromatic rings. The lowest BCUT2D eigenvalue weighted by Crippen LogP contribution is -2.26. The number of benzene rings is 1. The lowest BCUT2D eigenvalue weighted by molar-refractivity contribution is -0.119. The predicted octanol–water partition coefficient (Wildman–Crippen LogP) is 2.43. The molecule has 1 N–H and O–H groups in total. The highest BCUT2D eigenvalue weighted by Crippen LogP contribution is 2.29. The number of hydrogen-bond acceptors (Lipinski definition) is 4.